The van der Waals surface area contributed by atoms with Crippen molar-refractivity contribution in [3.8, 4) is 0 Å². The number of carbonyl (C=O) groups excluding carboxylic acids is 1. The van der Waals surface area contributed by atoms with Crippen molar-refractivity contribution in [3.63, 3.8) is 0 Å². The third-order valence-electron chi connectivity index (χ3n) is 2.77. The predicted octanol–water partition coefficient (Wildman–Crippen LogP) is 1.85. The summed E-state index contributed by atoms with van der Waals surface area (Å²) in [5.74, 6) is -0.189. The van der Waals surface area contributed by atoms with E-state index < -0.39 is 6.04 Å². The molecule has 0 aliphatic rings. The normalized spacial score (nSPS) is 11.0. The minimum Gasteiger partial charge on any atom is -0.322 e. The van der Waals surface area contributed by atoms with Gasteiger partial charge in [0.15, 0.2) is 0 Å². The molecule has 2 rings (SSSR count). The molecule has 0 radical (unpaired) electrons. The van der Waals surface area contributed by atoms with Crippen LogP contribution in [0.2, 0.25) is 0 Å². The van der Waals surface area contributed by atoms with Crippen molar-refractivity contribution in [1.82, 2.24) is 14.8 Å². The lowest BCUT2D eigenvalue weighted by molar-refractivity contribution is -0.117. The van der Waals surface area contributed by atoms with Gasteiger partial charge in [-0.2, -0.15) is 5.10 Å². The fraction of sp³-hybridized carbons (Fsp3) is 0.308. The Bertz CT molecular complexity index is 547. The van der Waals surface area contributed by atoms with Crippen LogP contribution in [0.3, 0.4) is 0 Å². The Balaban J connectivity index is 0.00000200. The molecular formula is C13H19Cl2N5O. The molecule has 0 aliphatic carbocycles. The number of halogens is 2. The van der Waals surface area contributed by atoms with E-state index in [-0.39, 0.29) is 30.7 Å². The van der Waals surface area contributed by atoms with Gasteiger partial charge in [-0.1, -0.05) is 6.92 Å². The molecule has 0 unspecified atom stereocenters. The first-order valence-corrected chi connectivity index (χ1v) is 6.17. The molecule has 0 saturated carbocycles. The first-order chi connectivity index (χ1) is 9.19. The van der Waals surface area contributed by atoms with Crippen LogP contribution < -0.4 is 11.1 Å². The van der Waals surface area contributed by atoms with Crippen molar-refractivity contribution in [2.75, 3.05) is 5.32 Å². The summed E-state index contributed by atoms with van der Waals surface area (Å²) in [4.78, 5) is 15.6. The van der Waals surface area contributed by atoms with Gasteiger partial charge < -0.3 is 11.1 Å². The molecule has 0 saturated heterocycles. The van der Waals surface area contributed by atoms with Crippen molar-refractivity contribution < 1.29 is 4.79 Å². The van der Waals surface area contributed by atoms with E-state index in [0.717, 1.165) is 5.56 Å². The number of carbonyl (C=O) groups is 1. The zero-order chi connectivity index (χ0) is 13.7. The van der Waals surface area contributed by atoms with Crippen molar-refractivity contribution in [3.05, 3.63) is 42.5 Å². The number of aromatic nitrogens is 3. The molecule has 2 heterocycles. The van der Waals surface area contributed by atoms with Crippen molar-refractivity contribution in [2.45, 2.75) is 25.9 Å². The molecule has 0 aromatic carbocycles. The number of nitrogens with zero attached hydrogens (tertiary/aromatic N) is 3. The highest BCUT2D eigenvalue weighted by molar-refractivity contribution is 5.94. The van der Waals surface area contributed by atoms with Gasteiger partial charge in [-0.25, -0.2) is 0 Å². The van der Waals surface area contributed by atoms with Crippen LogP contribution in [0.5, 0.6) is 0 Å². The van der Waals surface area contributed by atoms with Crippen molar-refractivity contribution >= 4 is 36.4 Å². The van der Waals surface area contributed by atoms with E-state index in [1.807, 2.05) is 19.1 Å². The third kappa shape index (κ3) is 5.71. The first-order valence-electron chi connectivity index (χ1n) is 6.17. The van der Waals surface area contributed by atoms with Crippen molar-refractivity contribution in [1.29, 1.82) is 0 Å². The van der Waals surface area contributed by atoms with Gasteiger partial charge in [-0.3, -0.25) is 14.5 Å². The van der Waals surface area contributed by atoms with Crippen LogP contribution in [-0.4, -0.2) is 26.7 Å². The molecule has 116 valence electrons. The smallest absolute Gasteiger partial charge is 0.241 e. The summed E-state index contributed by atoms with van der Waals surface area (Å²) >= 11 is 0. The summed E-state index contributed by atoms with van der Waals surface area (Å²) in [6, 6.07) is 3.36. The fourth-order valence-corrected chi connectivity index (χ4v) is 1.61. The van der Waals surface area contributed by atoms with Crippen molar-refractivity contribution in [2.24, 2.45) is 5.73 Å². The van der Waals surface area contributed by atoms with Gasteiger partial charge in [-0.15, -0.1) is 24.8 Å². The number of amides is 1. The minimum absolute atomic E-state index is 0. The van der Waals surface area contributed by atoms with Gasteiger partial charge in [0.25, 0.3) is 0 Å². The zero-order valence-electron chi connectivity index (χ0n) is 11.6. The molecule has 0 bridgehead atoms. The highest BCUT2D eigenvalue weighted by Gasteiger charge is 2.11. The topological polar surface area (TPSA) is 85.8 Å². The number of hydrogen-bond donors (Lipinski definition) is 2. The third-order valence-corrected chi connectivity index (χ3v) is 2.77. The molecule has 2 aromatic rings. The van der Waals surface area contributed by atoms with E-state index in [2.05, 4.69) is 15.4 Å². The number of pyridine rings is 1. The zero-order valence-corrected chi connectivity index (χ0v) is 13.2. The summed E-state index contributed by atoms with van der Waals surface area (Å²) < 4.78 is 1.75. The molecule has 0 spiro atoms. The largest absolute Gasteiger partial charge is 0.322 e. The second-order valence-corrected chi connectivity index (χ2v) is 4.29. The molecule has 3 N–H and O–H groups in total. The number of nitrogens with one attached hydrogen (secondary N) is 1. The first kappa shape index (κ1) is 19.4. The molecule has 8 heteroatoms. The summed E-state index contributed by atoms with van der Waals surface area (Å²) in [6.45, 7) is 2.51. The van der Waals surface area contributed by atoms with E-state index in [9.17, 15) is 4.79 Å². The average molecular weight is 332 g/mol. The summed E-state index contributed by atoms with van der Waals surface area (Å²) in [6.07, 6.45) is 7.47. The van der Waals surface area contributed by atoms with Crippen LogP contribution >= 0.6 is 24.8 Å². The molecule has 0 fully saturated rings. The van der Waals surface area contributed by atoms with E-state index in [4.69, 9.17) is 5.73 Å². The van der Waals surface area contributed by atoms with Gasteiger partial charge >= 0.3 is 0 Å². The second kappa shape index (κ2) is 9.33. The standard InChI is InChI=1S/C13H17N5O.2ClH/c1-2-12(14)13(19)17-11-7-16-18(9-11)8-10-3-5-15-6-4-10;;/h3-7,9,12H,2,8,14H2,1H3,(H,17,19);2*1H/t12-;;/m0../s1. The van der Waals surface area contributed by atoms with Gasteiger partial charge in [-0.05, 0) is 24.1 Å². The molecule has 2 aromatic heterocycles. The second-order valence-electron chi connectivity index (χ2n) is 4.29. The Hall–Kier alpha value is -1.63. The van der Waals surface area contributed by atoms with Crippen LogP contribution in [0, 0.1) is 0 Å². The van der Waals surface area contributed by atoms with Crippen LogP contribution in [0.25, 0.3) is 0 Å². The van der Waals surface area contributed by atoms with Crippen LogP contribution in [-0.2, 0) is 11.3 Å². The predicted molar refractivity (Wildman–Crippen MR) is 87.0 cm³/mol. The number of rotatable bonds is 5. The van der Waals surface area contributed by atoms with E-state index in [1.165, 1.54) is 0 Å². The summed E-state index contributed by atoms with van der Waals surface area (Å²) in [5.41, 5.74) is 7.40. The van der Waals surface area contributed by atoms with E-state index >= 15 is 0 Å². The minimum atomic E-state index is -0.483. The quantitative estimate of drug-likeness (QED) is 0.875. The lowest BCUT2D eigenvalue weighted by atomic mass is 10.2. The fourth-order valence-electron chi connectivity index (χ4n) is 1.61. The van der Waals surface area contributed by atoms with Crippen LogP contribution in [0.15, 0.2) is 36.9 Å². The lowest BCUT2D eigenvalue weighted by Gasteiger charge is -2.07. The summed E-state index contributed by atoms with van der Waals surface area (Å²) in [5, 5.41) is 6.93. The highest BCUT2D eigenvalue weighted by Crippen LogP contribution is 2.08. The molecule has 1 amide bonds. The van der Waals surface area contributed by atoms with E-state index in [0.29, 0.717) is 18.7 Å². The molecule has 6 nitrogen and oxygen atoms in total. The SMILES string of the molecule is CC[C@H](N)C(=O)Nc1cnn(Cc2ccncc2)c1.Cl.Cl. The molecule has 1 atom stereocenters. The summed E-state index contributed by atoms with van der Waals surface area (Å²) in [7, 11) is 0. The number of hydrogen-bond acceptors (Lipinski definition) is 4. The van der Waals surface area contributed by atoms with Gasteiger partial charge in [0.05, 0.1) is 24.5 Å². The Labute approximate surface area is 135 Å². The maximum Gasteiger partial charge on any atom is 0.241 e. The molecule has 21 heavy (non-hydrogen) atoms. The van der Waals surface area contributed by atoms with Gasteiger partial charge in [0, 0.05) is 18.6 Å². The van der Waals surface area contributed by atoms with Gasteiger partial charge in [0.1, 0.15) is 0 Å². The lowest BCUT2D eigenvalue weighted by Crippen LogP contribution is -2.34. The monoisotopic (exact) mass is 331 g/mol. The Morgan fingerprint density at radius 1 is 1.38 bits per heavy atom. The number of nitrogens with two attached hydrogens (primary N) is 1. The highest BCUT2D eigenvalue weighted by atomic mass is 35.5. The molecule has 0 aliphatic heterocycles. The maximum absolute atomic E-state index is 11.6. The van der Waals surface area contributed by atoms with Crippen LogP contribution in [0.4, 0.5) is 5.69 Å². The Morgan fingerprint density at radius 3 is 2.67 bits per heavy atom. The van der Waals surface area contributed by atoms with Gasteiger partial charge in [0.2, 0.25) is 5.91 Å². The number of anilines is 1. The molecular weight excluding hydrogens is 313 g/mol. The van der Waals surface area contributed by atoms with Crippen LogP contribution in [0.1, 0.15) is 18.9 Å². The average Bonchev–Trinajstić information content (AvgIpc) is 2.86. The Kier molecular flexibility index (Phi) is 8.61. The Morgan fingerprint density at radius 2 is 2.05 bits per heavy atom. The van der Waals surface area contributed by atoms with E-state index in [1.54, 1.807) is 29.5 Å². The maximum atomic E-state index is 11.6.